The summed E-state index contributed by atoms with van der Waals surface area (Å²) in [5, 5.41) is 12.5. The third kappa shape index (κ3) is 1.21. The second-order valence-corrected chi connectivity index (χ2v) is 2.90. The maximum Gasteiger partial charge on any atom is 0.0753 e. The number of aliphatic hydroxyl groups excluding tert-OH is 1. The molecule has 1 aromatic carbocycles. The Morgan fingerprint density at radius 1 is 1.36 bits per heavy atom. The van der Waals surface area contributed by atoms with E-state index in [1.165, 1.54) is 5.56 Å². The Hall–Kier alpha value is -1.02. The van der Waals surface area contributed by atoms with Crippen LogP contribution in [0, 0.1) is 0 Å². The van der Waals surface area contributed by atoms with E-state index in [0.29, 0.717) is 6.54 Å². The topological polar surface area (TPSA) is 32.3 Å². The minimum absolute atomic E-state index is 0.218. The Labute approximate surface area is 65.9 Å². The summed E-state index contributed by atoms with van der Waals surface area (Å²) in [5.41, 5.74) is 2.38. The smallest absolute Gasteiger partial charge is 0.0753 e. The molecule has 2 N–H and O–H groups in total. The number of hydrogen-bond acceptors (Lipinski definition) is 2. The van der Waals surface area contributed by atoms with Gasteiger partial charge in [0.05, 0.1) is 6.10 Å². The Bertz CT molecular complexity index is 259. The summed E-state index contributed by atoms with van der Waals surface area (Å²) in [5.74, 6) is 0. The first-order chi connectivity index (χ1) is 5.36. The standard InChI is InChI=1S/C9H11NO/c11-8-5-7-3-1-2-4-9(7)10-6-8/h1-4,8,10-11H,5-6H2/t8-/m1/s1. The first-order valence-electron chi connectivity index (χ1n) is 3.86. The quantitative estimate of drug-likeness (QED) is 0.577. The third-order valence-electron chi connectivity index (χ3n) is 2.00. The molecule has 0 amide bonds. The zero-order chi connectivity index (χ0) is 7.68. The molecule has 0 saturated heterocycles. The number of nitrogens with one attached hydrogen (secondary N) is 1. The zero-order valence-corrected chi connectivity index (χ0v) is 6.25. The molecular weight excluding hydrogens is 138 g/mol. The fourth-order valence-corrected chi connectivity index (χ4v) is 1.42. The molecule has 0 saturated carbocycles. The molecule has 0 unspecified atom stereocenters. The average molecular weight is 149 g/mol. The molecule has 1 heterocycles. The van der Waals surface area contributed by atoms with Crippen LogP contribution in [0.3, 0.4) is 0 Å². The fraction of sp³-hybridized carbons (Fsp3) is 0.333. The van der Waals surface area contributed by atoms with Crippen LogP contribution in [0.15, 0.2) is 24.3 Å². The predicted octanol–water partition coefficient (Wildman–Crippen LogP) is 1.02. The van der Waals surface area contributed by atoms with Crippen molar-refractivity contribution < 1.29 is 5.11 Å². The molecule has 0 fully saturated rings. The normalized spacial score (nSPS) is 22.1. The van der Waals surface area contributed by atoms with Crippen LogP contribution in [-0.4, -0.2) is 17.8 Å². The van der Waals surface area contributed by atoms with Crippen LogP contribution in [0.1, 0.15) is 5.56 Å². The van der Waals surface area contributed by atoms with Crippen LogP contribution in [0.25, 0.3) is 0 Å². The monoisotopic (exact) mass is 149 g/mol. The number of benzene rings is 1. The van der Waals surface area contributed by atoms with E-state index in [1.54, 1.807) is 0 Å². The lowest BCUT2D eigenvalue weighted by molar-refractivity contribution is 0.184. The van der Waals surface area contributed by atoms with Gasteiger partial charge in [-0.25, -0.2) is 0 Å². The van der Waals surface area contributed by atoms with Crippen LogP contribution >= 0.6 is 0 Å². The van der Waals surface area contributed by atoms with Crippen LogP contribution in [0.2, 0.25) is 0 Å². The number of rotatable bonds is 0. The lowest BCUT2D eigenvalue weighted by Gasteiger charge is -2.21. The summed E-state index contributed by atoms with van der Waals surface area (Å²) in [6.07, 6.45) is 0.563. The van der Waals surface area contributed by atoms with Crippen LogP contribution in [0.4, 0.5) is 5.69 Å². The zero-order valence-electron chi connectivity index (χ0n) is 6.25. The number of hydrogen-bond donors (Lipinski definition) is 2. The van der Waals surface area contributed by atoms with Gasteiger partial charge in [0, 0.05) is 18.7 Å². The lowest BCUT2D eigenvalue weighted by atomic mass is 10.0. The van der Waals surface area contributed by atoms with E-state index in [-0.39, 0.29) is 6.10 Å². The van der Waals surface area contributed by atoms with Crippen LogP contribution in [0.5, 0.6) is 0 Å². The maximum absolute atomic E-state index is 9.29. The van der Waals surface area contributed by atoms with E-state index < -0.39 is 0 Å². The summed E-state index contributed by atoms with van der Waals surface area (Å²) in [7, 11) is 0. The van der Waals surface area contributed by atoms with Crippen molar-refractivity contribution in [1.29, 1.82) is 0 Å². The molecule has 11 heavy (non-hydrogen) atoms. The van der Waals surface area contributed by atoms with Gasteiger partial charge < -0.3 is 10.4 Å². The van der Waals surface area contributed by atoms with Crippen LogP contribution < -0.4 is 5.32 Å². The molecule has 2 heteroatoms. The highest BCUT2D eigenvalue weighted by molar-refractivity contribution is 5.53. The minimum Gasteiger partial charge on any atom is -0.391 e. The van der Waals surface area contributed by atoms with E-state index in [2.05, 4.69) is 5.32 Å². The van der Waals surface area contributed by atoms with Gasteiger partial charge in [0.1, 0.15) is 0 Å². The van der Waals surface area contributed by atoms with Crippen molar-refractivity contribution in [3.63, 3.8) is 0 Å². The number of β-amino-alcohol motifs (C(OH)–C–C–N with tert-alkyl or cyclic N) is 1. The van der Waals surface area contributed by atoms with E-state index >= 15 is 0 Å². The summed E-state index contributed by atoms with van der Waals surface area (Å²) < 4.78 is 0. The summed E-state index contributed by atoms with van der Waals surface area (Å²) in [6.45, 7) is 0.678. The summed E-state index contributed by atoms with van der Waals surface area (Å²) >= 11 is 0. The van der Waals surface area contributed by atoms with Crippen molar-refractivity contribution in [2.24, 2.45) is 0 Å². The van der Waals surface area contributed by atoms with Crippen LogP contribution in [-0.2, 0) is 6.42 Å². The molecule has 1 aromatic rings. The molecule has 0 radical (unpaired) electrons. The highest BCUT2D eigenvalue weighted by Crippen LogP contribution is 2.20. The van der Waals surface area contributed by atoms with Crippen molar-refractivity contribution in [3.05, 3.63) is 29.8 Å². The Morgan fingerprint density at radius 3 is 3.09 bits per heavy atom. The largest absolute Gasteiger partial charge is 0.391 e. The van der Waals surface area contributed by atoms with Gasteiger partial charge in [-0.05, 0) is 11.6 Å². The van der Waals surface area contributed by atoms with E-state index in [1.807, 2.05) is 24.3 Å². The first-order valence-corrected chi connectivity index (χ1v) is 3.86. The van der Waals surface area contributed by atoms with Gasteiger partial charge in [0.15, 0.2) is 0 Å². The third-order valence-corrected chi connectivity index (χ3v) is 2.00. The molecule has 58 valence electrons. The van der Waals surface area contributed by atoms with Crippen molar-refractivity contribution in [2.75, 3.05) is 11.9 Å². The fourth-order valence-electron chi connectivity index (χ4n) is 1.42. The van der Waals surface area contributed by atoms with E-state index in [4.69, 9.17) is 0 Å². The molecule has 0 bridgehead atoms. The van der Waals surface area contributed by atoms with Crippen molar-refractivity contribution in [1.82, 2.24) is 0 Å². The first kappa shape index (κ1) is 6.68. The molecule has 0 aliphatic carbocycles. The Balaban J connectivity index is 2.34. The Morgan fingerprint density at radius 2 is 2.18 bits per heavy atom. The molecular formula is C9H11NO. The summed E-state index contributed by atoms with van der Waals surface area (Å²) in [4.78, 5) is 0. The van der Waals surface area contributed by atoms with Crippen molar-refractivity contribution in [2.45, 2.75) is 12.5 Å². The molecule has 1 atom stereocenters. The predicted molar refractivity (Wildman–Crippen MR) is 44.6 cm³/mol. The molecule has 2 nitrogen and oxygen atoms in total. The SMILES string of the molecule is O[C@H]1CNc2ccccc2C1. The summed E-state index contributed by atoms with van der Waals surface area (Å²) in [6, 6.07) is 8.09. The van der Waals surface area contributed by atoms with Gasteiger partial charge in [-0.2, -0.15) is 0 Å². The second kappa shape index (κ2) is 2.55. The van der Waals surface area contributed by atoms with Gasteiger partial charge in [-0.3, -0.25) is 0 Å². The highest BCUT2D eigenvalue weighted by Gasteiger charge is 2.13. The molecule has 0 spiro atoms. The van der Waals surface area contributed by atoms with Gasteiger partial charge >= 0.3 is 0 Å². The number of anilines is 1. The number of aliphatic hydroxyl groups is 1. The van der Waals surface area contributed by atoms with Gasteiger partial charge in [-0.1, -0.05) is 18.2 Å². The minimum atomic E-state index is -0.218. The second-order valence-electron chi connectivity index (χ2n) is 2.90. The average Bonchev–Trinajstić information content (AvgIpc) is 2.04. The number of fused-ring (bicyclic) bond motifs is 1. The van der Waals surface area contributed by atoms with Crippen molar-refractivity contribution in [3.8, 4) is 0 Å². The van der Waals surface area contributed by atoms with E-state index in [0.717, 1.165) is 12.1 Å². The molecule has 1 aliphatic rings. The molecule has 0 aromatic heterocycles. The lowest BCUT2D eigenvalue weighted by Crippen LogP contribution is -2.27. The van der Waals surface area contributed by atoms with Gasteiger partial charge in [0.25, 0.3) is 0 Å². The number of para-hydroxylation sites is 1. The molecule has 2 rings (SSSR count). The van der Waals surface area contributed by atoms with Gasteiger partial charge in [0.2, 0.25) is 0 Å². The molecule has 1 aliphatic heterocycles. The Kier molecular flexibility index (Phi) is 1.55. The van der Waals surface area contributed by atoms with Gasteiger partial charge in [-0.15, -0.1) is 0 Å². The maximum atomic E-state index is 9.29. The van der Waals surface area contributed by atoms with E-state index in [9.17, 15) is 5.11 Å². The van der Waals surface area contributed by atoms with Crippen molar-refractivity contribution >= 4 is 5.69 Å². The highest BCUT2D eigenvalue weighted by atomic mass is 16.3.